The average molecular weight is 340 g/mol. The summed E-state index contributed by atoms with van der Waals surface area (Å²) in [5.74, 6) is 1.02. The Hall–Kier alpha value is -0.540. The van der Waals surface area contributed by atoms with Crippen LogP contribution in [0.25, 0.3) is 0 Å². The van der Waals surface area contributed by atoms with E-state index >= 15 is 0 Å². The lowest BCUT2D eigenvalue weighted by atomic mass is 9.58. The van der Waals surface area contributed by atoms with Gasteiger partial charge in [0.1, 0.15) is 11.9 Å². The molecule has 0 spiro atoms. The summed E-state index contributed by atoms with van der Waals surface area (Å²) < 4.78 is 7.45. The van der Waals surface area contributed by atoms with Crippen LogP contribution in [-0.2, 0) is 0 Å². The molecule has 20 heavy (non-hydrogen) atoms. The van der Waals surface area contributed by atoms with Gasteiger partial charge >= 0.3 is 0 Å². The molecule has 1 N–H and O–H groups in total. The van der Waals surface area contributed by atoms with Gasteiger partial charge < -0.3 is 10.1 Å². The first-order chi connectivity index (χ1) is 9.57. The van der Waals surface area contributed by atoms with Crippen LogP contribution in [0.3, 0.4) is 0 Å². The molecule has 2 nitrogen and oxygen atoms in total. The van der Waals surface area contributed by atoms with Crippen LogP contribution in [0, 0.1) is 12.3 Å². The first kappa shape index (κ1) is 15.8. The fourth-order valence-electron chi connectivity index (χ4n) is 3.50. The molecule has 3 heteroatoms. The van der Waals surface area contributed by atoms with Crippen molar-refractivity contribution < 1.29 is 4.74 Å². The van der Waals surface area contributed by atoms with Gasteiger partial charge in [-0.05, 0) is 44.0 Å². The lowest BCUT2D eigenvalue weighted by Gasteiger charge is -2.55. The van der Waals surface area contributed by atoms with Crippen LogP contribution in [0.4, 0.5) is 0 Å². The predicted octanol–water partition coefficient (Wildman–Crippen LogP) is 4.69. The third kappa shape index (κ3) is 2.75. The topological polar surface area (TPSA) is 21.3 Å². The summed E-state index contributed by atoms with van der Waals surface area (Å²) >= 11 is 3.53. The van der Waals surface area contributed by atoms with Gasteiger partial charge in [-0.3, -0.25) is 0 Å². The molecule has 2 unspecified atom stereocenters. The van der Waals surface area contributed by atoms with E-state index in [1.54, 1.807) is 0 Å². The first-order valence-corrected chi connectivity index (χ1v) is 8.52. The second-order valence-electron chi connectivity index (χ2n) is 5.80. The molecular formula is C17H26BrNO. The van der Waals surface area contributed by atoms with Crippen LogP contribution < -0.4 is 10.1 Å². The number of hydrogen-bond donors (Lipinski definition) is 1. The van der Waals surface area contributed by atoms with Crippen molar-refractivity contribution in [2.45, 2.75) is 59.1 Å². The van der Waals surface area contributed by atoms with Gasteiger partial charge in [0.05, 0.1) is 0 Å². The zero-order valence-electron chi connectivity index (χ0n) is 13.0. The fourth-order valence-corrected chi connectivity index (χ4v) is 3.84. The van der Waals surface area contributed by atoms with Gasteiger partial charge in [-0.1, -0.05) is 42.8 Å². The molecule has 0 saturated heterocycles. The third-order valence-corrected chi connectivity index (χ3v) is 5.46. The lowest BCUT2D eigenvalue weighted by molar-refractivity contribution is -0.0857. The third-order valence-electron chi connectivity index (χ3n) is 4.97. The van der Waals surface area contributed by atoms with Gasteiger partial charge in [0, 0.05) is 22.4 Å². The van der Waals surface area contributed by atoms with Crippen molar-refractivity contribution in [1.82, 2.24) is 5.32 Å². The number of hydrogen-bond acceptors (Lipinski definition) is 2. The minimum atomic E-state index is 0.283. The molecule has 0 aromatic heterocycles. The summed E-state index contributed by atoms with van der Waals surface area (Å²) in [7, 11) is 0. The molecule has 2 rings (SSSR count). The van der Waals surface area contributed by atoms with Crippen molar-refractivity contribution >= 4 is 15.9 Å². The molecule has 1 aliphatic carbocycles. The van der Waals surface area contributed by atoms with Crippen LogP contribution in [0.15, 0.2) is 22.7 Å². The molecule has 2 atom stereocenters. The van der Waals surface area contributed by atoms with Gasteiger partial charge in [0.15, 0.2) is 0 Å². The molecule has 0 aliphatic heterocycles. The Morgan fingerprint density at radius 3 is 2.60 bits per heavy atom. The van der Waals surface area contributed by atoms with E-state index in [0.717, 1.165) is 23.2 Å². The van der Waals surface area contributed by atoms with E-state index in [2.05, 4.69) is 67.1 Å². The summed E-state index contributed by atoms with van der Waals surface area (Å²) in [5.41, 5.74) is 1.49. The van der Waals surface area contributed by atoms with E-state index in [1.807, 2.05) is 0 Å². The molecule has 0 radical (unpaired) electrons. The number of aryl methyl sites for hydroxylation is 1. The fraction of sp³-hybridized carbons (Fsp3) is 0.647. The Bertz CT molecular complexity index is 456. The van der Waals surface area contributed by atoms with Crippen molar-refractivity contribution in [2.75, 3.05) is 6.54 Å². The predicted molar refractivity (Wildman–Crippen MR) is 88.4 cm³/mol. The Labute approximate surface area is 131 Å². The quantitative estimate of drug-likeness (QED) is 0.811. The highest BCUT2D eigenvalue weighted by molar-refractivity contribution is 9.10. The average Bonchev–Trinajstić information content (AvgIpc) is 2.43. The first-order valence-electron chi connectivity index (χ1n) is 7.73. The van der Waals surface area contributed by atoms with Crippen LogP contribution >= 0.6 is 15.9 Å². The maximum absolute atomic E-state index is 6.37. The van der Waals surface area contributed by atoms with E-state index in [0.29, 0.717) is 12.1 Å². The minimum absolute atomic E-state index is 0.283. The van der Waals surface area contributed by atoms with Crippen molar-refractivity contribution in [3.8, 4) is 5.75 Å². The SMILES string of the molecule is CCNC1CC(Oc2cc(Br)ccc2C)C1(CC)CC. The molecule has 112 valence electrons. The zero-order chi connectivity index (χ0) is 14.8. The lowest BCUT2D eigenvalue weighted by Crippen LogP contribution is -2.64. The summed E-state index contributed by atoms with van der Waals surface area (Å²) in [6.07, 6.45) is 3.77. The van der Waals surface area contributed by atoms with Crippen LogP contribution in [0.2, 0.25) is 0 Å². The van der Waals surface area contributed by atoms with Gasteiger partial charge in [-0.15, -0.1) is 0 Å². The van der Waals surface area contributed by atoms with Gasteiger partial charge in [0.2, 0.25) is 0 Å². The number of halogens is 1. The summed E-state index contributed by atoms with van der Waals surface area (Å²) in [4.78, 5) is 0. The molecule has 0 amide bonds. The number of ether oxygens (including phenoxy) is 1. The van der Waals surface area contributed by atoms with E-state index in [9.17, 15) is 0 Å². The highest BCUT2D eigenvalue weighted by Crippen LogP contribution is 2.49. The molecule has 0 bridgehead atoms. The van der Waals surface area contributed by atoms with Gasteiger partial charge in [-0.2, -0.15) is 0 Å². The van der Waals surface area contributed by atoms with E-state index in [1.165, 1.54) is 18.4 Å². The van der Waals surface area contributed by atoms with Crippen LogP contribution in [0.5, 0.6) is 5.75 Å². The molecule has 1 fully saturated rings. The van der Waals surface area contributed by atoms with Gasteiger partial charge in [-0.25, -0.2) is 0 Å². The van der Waals surface area contributed by atoms with Crippen molar-refractivity contribution in [3.63, 3.8) is 0 Å². The van der Waals surface area contributed by atoms with E-state index in [4.69, 9.17) is 4.74 Å². The molecule has 1 aromatic carbocycles. The second-order valence-corrected chi connectivity index (χ2v) is 6.72. The maximum Gasteiger partial charge on any atom is 0.123 e. The summed E-state index contributed by atoms with van der Waals surface area (Å²) in [5, 5.41) is 3.63. The zero-order valence-corrected chi connectivity index (χ0v) is 14.6. The molecule has 1 saturated carbocycles. The van der Waals surface area contributed by atoms with Crippen LogP contribution in [-0.4, -0.2) is 18.7 Å². The molecular weight excluding hydrogens is 314 g/mol. The Morgan fingerprint density at radius 1 is 1.30 bits per heavy atom. The van der Waals surface area contributed by atoms with Crippen molar-refractivity contribution in [3.05, 3.63) is 28.2 Å². The maximum atomic E-state index is 6.37. The summed E-state index contributed by atoms with van der Waals surface area (Å²) in [6.45, 7) is 9.91. The summed E-state index contributed by atoms with van der Waals surface area (Å²) in [6, 6.07) is 6.86. The van der Waals surface area contributed by atoms with E-state index < -0.39 is 0 Å². The Morgan fingerprint density at radius 2 is 2.00 bits per heavy atom. The van der Waals surface area contributed by atoms with Crippen LogP contribution in [0.1, 0.15) is 45.6 Å². The van der Waals surface area contributed by atoms with E-state index in [-0.39, 0.29) is 5.41 Å². The van der Waals surface area contributed by atoms with Crippen molar-refractivity contribution in [2.24, 2.45) is 5.41 Å². The van der Waals surface area contributed by atoms with Crippen molar-refractivity contribution in [1.29, 1.82) is 0 Å². The molecule has 1 aromatic rings. The molecule has 1 aliphatic rings. The Kier molecular flexibility index (Phi) is 5.14. The number of benzene rings is 1. The second kappa shape index (κ2) is 6.48. The normalized spacial score (nSPS) is 24.2. The number of nitrogens with one attached hydrogen (secondary N) is 1. The van der Waals surface area contributed by atoms with Gasteiger partial charge in [0.25, 0.3) is 0 Å². The largest absolute Gasteiger partial charge is 0.489 e. The standard InChI is InChI=1S/C17H26BrNO/c1-5-17(6-2)15(19-7-3)11-16(17)20-14-10-13(18)9-8-12(14)4/h8-10,15-16,19H,5-7,11H2,1-4H3. The number of rotatable bonds is 6. The molecule has 0 heterocycles. The smallest absolute Gasteiger partial charge is 0.123 e. The Balaban J connectivity index is 2.15. The minimum Gasteiger partial charge on any atom is -0.489 e. The highest BCUT2D eigenvalue weighted by Gasteiger charge is 2.53. The highest BCUT2D eigenvalue weighted by atomic mass is 79.9. The monoisotopic (exact) mass is 339 g/mol.